The van der Waals surface area contributed by atoms with Crippen LogP contribution in [-0.2, 0) is 6.42 Å². The lowest BCUT2D eigenvalue weighted by Crippen LogP contribution is -2.11. The maximum atomic E-state index is 6.58. The van der Waals surface area contributed by atoms with Crippen molar-refractivity contribution in [2.24, 2.45) is 0 Å². The van der Waals surface area contributed by atoms with Gasteiger partial charge in [-0.3, -0.25) is 0 Å². The molecule has 12 aromatic rings. The van der Waals surface area contributed by atoms with Crippen molar-refractivity contribution in [3.05, 3.63) is 248 Å². The molecule has 0 saturated carbocycles. The molecule has 1 aliphatic carbocycles. The van der Waals surface area contributed by atoms with E-state index in [4.69, 9.17) is 4.42 Å². The summed E-state index contributed by atoms with van der Waals surface area (Å²) in [5.41, 5.74) is 19.3. The molecule has 0 aliphatic heterocycles. The van der Waals surface area contributed by atoms with Crippen molar-refractivity contribution in [1.29, 1.82) is 0 Å². The Hall–Kier alpha value is -8.66. The number of hydrogen-bond donors (Lipinski definition) is 0. The van der Waals surface area contributed by atoms with E-state index >= 15 is 0 Å². The molecule has 1 aliphatic rings. The molecule has 3 nitrogen and oxygen atoms in total. The smallest absolute Gasteiger partial charge is 0.143 e. The molecule has 0 unspecified atom stereocenters. The second-order valence-electron chi connectivity index (χ2n) is 17.5. The van der Waals surface area contributed by atoms with Gasteiger partial charge in [-0.1, -0.05) is 188 Å². The molecule has 2 aromatic heterocycles. The zero-order valence-electron chi connectivity index (χ0n) is 36.8. The molecular weight excluding hydrogens is 813 g/mol. The van der Waals surface area contributed by atoms with Crippen LogP contribution in [0, 0.1) is 0 Å². The molecule has 0 amide bonds. The van der Waals surface area contributed by atoms with E-state index in [0.29, 0.717) is 0 Å². The number of nitrogens with zero attached hydrogens (tertiary/aromatic N) is 2. The molecule has 13 rings (SSSR count). The van der Waals surface area contributed by atoms with Crippen molar-refractivity contribution in [3.8, 4) is 50.2 Å². The van der Waals surface area contributed by atoms with E-state index in [-0.39, 0.29) is 0 Å². The predicted octanol–water partition coefficient (Wildman–Crippen LogP) is 17.8. The molecule has 3 heteroatoms. The van der Waals surface area contributed by atoms with E-state index in [1.807, 2.05) is 6.07 Å². The van der Waals surface area contributed by atoms with E-state index in [0.717, 1.165) is 74.1 Å². The van der Waals surface area contributed by atoms with Gasteiger partial charge in [-0.15, -0.1) is 0 Å². The summed E-state index contributed by atoms with van der Waals surface area (Å²) in [6.07, 6.45) is 6.66. The van der Waals surface area contributed by atoms with Gasteiger partial charge in [0, 0.05) is 55.5 Å². The molecule has 67 heavy (non-hydrogen) atoms. The second kappa shape index (κ2) is 16.1. The number of rotatable bonds is 8. The Morgan fingerprint density at radius 3 is 2.01 bits per heavy atom. The van der Waals surface area contributed by atoms with Gasteiger partial charge in [-0.05, 0) is 106 Å². The van der Waals surface area contributed by atoms with Gasteiger partial charge in [0.25, 0.3) is 0 Å². The van der Waals surface area contributed by atoms with Gasteiger partial charge >= 0.3 is 0 Å². The Morgan fingerprint density at radius 2 is 1.10 bits per heavy atom. The average molecular weight is 857 g/mol. The van der Waals surface area contributed by atoms with Crippen molar-refractivity contribution < 1.29 is 4.42 Å². The Kier molecular flexibility index (Phi) is 9.31. The normalized spacial score (nSPS) is 12.3. The number of fused-ring (bicyclic) bond motifs is 7. The Labute approximate surface area is 389 Å². The molecule has 2 heterocycles. The first-order chi connectivity index (χ1) is 33.2. The molecule has 0 N–H and O–H groups in total. The largest absolute Gasteiger partial charge is 0.455 e. The highest BCUT2D eigenvalue weighted by Crippen LogP contribution is 2.45. The standard InChI is InChI=1S/C64H44N2O/c1-2-16-43(17-3-1)47-36-39-53(62(42-47)66-60-29-11-7-23-55(60)56-24-8-12-30-61(56)66)45-34-37-50(38-35-45)65(59-28-10-6-22-52(59)49-33-32-44-18-4-5-19-46(44)40-49)51-21-14-20-48(41-51)54-26-15-27-58-57-25-9-13-31-63(57)67-64(54)58/h1-11,13-29,31-42H,12,30H2. The summed E-state index contributed by atoms with van der Waals surface area (Å²) in [7, 11) is 0. The van der Waals surface area contributed by atoms with Crippen LogP contribution in [0.4, 0.5) is 17.1 Å². The molecule has 10 aromatic carbocycles. The van der Waals surface area contributed by atoms with Crippen LogP contribution in [0.2, 0.25) is 0 Å². The minimum Gasteiger partial charge on any atom is -0.455 e. The maximum absolute atomic E-state index is 6.58. The second-order valence-corrected chi connectivity index (χ2v) is 17.5. The summed E-state index contributed by atoms with van der Waals surface area (Å²) < 4.78 is 9.11. The monoisotopic (exact) mass is 856 g/mol. The van der Waals surface area contributed by atoms with Gasteiger partial charge in [-0.25, -0.2) is 0 Å². The number of anilines is 3. The van der Waals surface area contributed by atoms with Crippen LogP contribution in [0.5, 0.6) is 0 Å². The van der Waals surface area contributed by atoms with Gasteiger partial charge in [0.05, 0.1) is 16.9 Å². The molecule has 0 fully saturated rings. The van der Waals surface area contributed by atoms with E-state index < -0.39 is 0 Å². The third kappa shape index (κ3) is 6.66. The quantitative estimate of drug-likeness (QED) is 0.152. The summed E-state index contributed by atoms with van der Waals surface area (Å²) in [5, 5.41) is 5.98. The lowest BCUT2D eigenvalue weighted by Gasteiger charge is -2.28. The van der Waals surface area contributed by atoms with Crippen molar-refractivity contribution in [2.75, 3.05) is 4.90 Å². The van der Waals surface area contributed by atoms with E-state index in [2.05, 4.69) is 246 Å². The molecular formula is C64H44N2O. The van der Waals surface area contributed by atoms with Gasteiger partial charge in [-0.2, -0.15) is 0 Å². The van der Waals surface area contributed by atoms with Crippen molar-refractivity contribution in [2.45, 2.75) is 12.8 Å². The Bertz CT molecular complexity index is 3870. The van der Waals surface area contributed by atoms with Crippen LogP contribution < -0.4 is 4.90 Å². The third-order valence-corrected chi connectivity index (χ3v) is 13.7. The molecule has 0 radical (unpaired) electrons. The number of benzene rings is 10. The van der Waals surface area contributed by atoms with Crippen LogP contribution in [-0.4, -0.2) is 4.57 Å². The number of allylic oxidation sites excluding steroid dienone is 1. The number of furan rings is 1. The van der Waals surface area contributed by atoms with E-state index in [1.54, 1.807) is 0 Å². The van der Waals surface area contributed by atoms with Gasteiger partial charge in [0.2, 0.25) is 0 Å². The van der Waals surface area contributed by atoms with Crippen LogP contribution in [0.25, 0.3) is 99.9 Å². The zero-order valence-corrected chi connectivity index (χ0v) is 36.8. The SMILES string of the molecule is C1=Cc2c(n(-c3cc(-c4ccccc4)ccc3-c3ccc(N(c4cccc(-c5cccc6c5oc5ccccc56)c4)c4ccccc4-c4ccc5ccccc5c4)cc3)c3ccccc23)CC1. The van der Waals surface area contributed by atoms with E-state index in [1.165, 1.54) is 60.9 Å². The third-order valence-electron chi connectivity index (χ3n) is 13.7. The topological polar surface area (TPSA) is 21.3 Å². The lowest BCUT2D eigenvalue weighted by atomic mass is 9.96. The first kappa shape index (κ1) is 38.8. The number of aromatic nitrogens is 1. The molecule has 0 saturated heterocycles. The van der Waals surface area contributed by atoms with Gasteiger partial charge in [0.1, 0.15) is 11.2 Å². The van der Waals surface area contributed by atoms with Crippen LogP contribution in [0.15, 0.2) is 241 Å². The van der Waals surface area contributed by atoms with E-state index in [9.17, 15) is 0 Å². The van der Waals surface area contributed by atoms with Crippen molar-refractivity contribution in [3.63, 3.8) is 0 Å². The highest BCUT2D eigenvalue weighted by atomic mass is 16.3. The fraction of sp³-hybridized carbons (Fsp3) is 0.0312. The first-order valence-electron chi connectivity index (χ1n) is 23.2. The predicted molar refractivity (Wildman–Crippen MR) is 282 cm³/mol. The maximum Gasteiger partial charge on any atom is 0.143 e. The summed E-state index contributed by atoms with van der Waals surface area (Å²) in [6.45, 7) is 0. The zero-order chi connectivity index (χ0) is 44.3. The first-order valence-corrected chi connectivity index (χ1v) is 23.2. The summed E-state index contributed by atoms with van der Waals surface area (Å²) in [5.74, 6) is 0. The van der Waals surface area contributed by atoms with Gasteiger partial charge < -0.3 is 13.9 Å². The minimum absolute atomic E-state index is 0.895. The van der Waals surface area contributed by atoms with Crippen molar-refractivity contribution >= 4 is 66.8 Å². The lowest BCUT2D eigenvalue weighted by molar-refractivity contribution is 0.670. The summed E-state index contributed by atoms with van der Waals surface area (Å²) in [4.78, 5) is 2.41. The highest BCUT2D eigenvalue weighted by molar-refractivity contribution is 6.10. The fourth-order valence-electron chi connectivity index (χ4n) is 10.5. The molecule has 0 bridgehead atoms. The number of para-hydroxylation sites is 4. The fourth-order valence-corrected chi connectivity index (χ4v) is 10.5. The highest BCUT2D eigenvalue weighted by Gasteiger charge is 2.23. The molecule has 0 spiro atoms. The average Bonchev–Trinajstić information content (AvgIpc) is 3.95. The Morgan fingerprint density at radius 1 is 0.418 bits per heavy atom. The van der Waals surface area contributed by atoms with Crippen LogP contribution in [0.1, 0.15) is 17.7 Å². The van der Waals surface area contributed by atoms with Crippen LogP contribution in [0.3, 0.4) is 0 Å². The summed E-state index contributed by atoms with van der Waals surface area (Å²) >= 11 is 0. The van der Waals surface area contributed by atoms with Gasteiger partial charge in [0.15, 0.2) is 0 Å². The number of hydrogen-bond acceptors (Lipinski definition) is 2. The molecule has 316 valence electrons. The minimum atomic E-state index is 0.895. The Balaban J connectivity index is 0.987. The summed E-state index contributed by atoms with van der Waals surface area (Å²) in [6, 6.07) is 83.7. The van der Waals surface area contributed by atoms with Crippen molar-refractivity contribution in [1.82, 2.24) is 4.57 Å². The molecule has 0 atom stereocenters. The van der Waals surface area contributed by atoms with Crippen LogP contribution >= 0.6 is 0 Å².